The molecule has 0 bridgehead atoms. The lowest BCUT2D eigenvalue weighted by atomic mass is 10.2. The van der Waals surface area contributed by atoms with Crippen molar-refractivity contribution in [3.63, 3.8) is 0 Å². The van der Waals surface area contributed by atoms with Crippen LogP contribution < -0.4 is 15.4 Å². The number of hydrogen-bond donors (Lipinski definition) is 2. The molecule has 3 aromatic rings. The lowest BCUT2D eigenvalue weighted by molar-refractivity contribution is -0.117. The molecule has 1 atom stereocenters. The lowest BCUT2D eigenvalue weighted by Gasteiger charge is -2.14. The molecule has 2 N–H and O–H groups in total. The first-order valence-corrected chi connectivity index (χ1v) is 8.58. The van der Waals surface area contributed by atoms with Crippen LogP contribution in [-0.2, 0) is 4.79 Å². The summed E-state index contributed by atoms with van der Waals surface area (Å²) in [6.45, 7) is 1.59. The molecule has 1 heterocycles. The van der Waals surface area contributed by atoms with Crippen LogP contribution in [-0.4, -0.2) is 17.9 Å². The molecule has 1 aromatic heterocycles. The van der Waals surface area contributed by atoms with E-state index >= 15 is 0 Å². The fourth-order valence-corrected chi connectivity index (χ4v) is 2.43. The maximum atomic E-state index is 12.2. The lowest BCUT2D eigenvalue weighted by Crippen LogP contribution is -2.41. The van der Waals surface area contributed by atoms with Crippen LogP contribution in [0.4, 0.5) is 5.69 Å². The van der Waals surface area contributed by atoms with Crippen molar-refractivity contribution in [1.29, 1.82) is 0 Å². The summed E-state index contributed by atoms with van der Waals surface area (Å²) in [5.41, 5.74) is 0.575. The maximum absolute atomic E-state index is 12.2. The SMILES string of the molecule is CC(NC(=O)c1ccco1)C(=O)Nc1ccc(Oc2ccccc2Cl)cc1. The smallest absolute Gasteiger partial charge is 0.287 e. The normalized spacial score (nSPS) is 11.5. The number of benzene rings is 2. The van der Waals surface area contributed by atoms with Crippen molar-refractivity contribution >= 4 is 29.1 Å². The van der Waals surface area contributed by atoms with Gasteiger partial charge < -0.3 is 19.8 Å². The van der Waals surface area contributed by atoms with Gasteiger partial charge in [-0.2, -0.15) is 0 Å². The molecule has 0 radical (unpaired) electrons. The molecule has 27 heavy (non-hydrogen) atoms. The van der Waals surface area contributed by atoms with E-state index in [9.17, 15) is 9.59 Å². The molecule has 6 nitrogen and oxygen atoms in total. The van der Waals surface area contributed by atoms with Crippen molar-refractivity contribution < 1.29 is 18.7 Å². The molecule has 7 heteroatoms. The largest absolute Gasteiger partial charge is 0.459 e. The van der Waals surface area contributed by atoms with E-state index < -0.39 is 11.9 Å². The molecular weight excluding hydrogens is 368 g/mol. The number of ether oxygens (including phenoxy) is 1. The number of nitrogens with one attached hydrogen (secondary N) is 2. The quantitative estimate of drug-likeness (QED) is 0.656. The Balaban J connectivity index is 1.56. The highest BCUT2D eigenvalue weighted by molar-refractivity contribution is 6.32. The van der Waals surface area contributed by atoms with Crippen LogP contribution in [0.5, 0.6) is 11.5 Å². The molecule has 0 aliphatic carbocycles. The van der Waals surface area contributed by atoms with E-state index in [1.54, 1.807) is 49.4 Å². The molecule has 0 aliphatic rings. The predicted octanol–water partition coefficient (Wildman–Crippen LogP) is 4.48. The van der Waals surface area contributed by atoms with Gasteiger partial charge in [0.1, 0.15) is 17.5 Å². The number of amides is 2. The van der Waals surface area contributed by atoms with Crippen LogP contribution in [0.15, 0.2) is 71.3 Å². The Bertz CT molecular complexity index is 923. The standard InChI is InChI=1S/C20H17ClN2O4/c1-13(22-20(25)18-7-4-12-26-18)19(24)23-14-8-10-15(11-9-14)27-17-6-3-2-5-16(17)21/h2-13H,1H3,(H,22,25)(H,23,24). The number of furan rings is 1. The topological polar surface area (TPSA) is 80.6 Å². The second kappa shape index (κ2) is 8.42. The minimum atomic E-state index is -0.735. The maximum Gasteiger partial charge on any atom is 0.287 e. The zero-order valence-electron chi connectivity index (χ0n) is 14.4. The summed E-state index contributed by atoms with van der Waals surface area (Å²) in [5.74, 6) is 0.474. The first-order valence-electron chi connectivity index (χ1n) is 8.20. The second-order valence-corrected chi connectivity index (χ2v) is 6.13. The third kappa shape index (κ3) is 4.89. The zero-order valence-corrected chi connectivity index (χ0v) is 15.2. The molecule has 0 aliphatic heterocycles. The number of anilines is 1. The van der Waals surface area contributed by atoms with E-state index in [2.05, 4.69) is 10.6 Å². The highest BCUT2D eigenvalue weighted by Gasteiger charge is 2.18. The van der Waals surface area contributed by atoms with Crippen molar-refractivity contribution in [2.24, 2.45) is 0 Å². The Kier molecular flexibility index (Phi) is 5.78. The third-order valence-corrected chi connectivity index (χ3v) is 3.98. The van der Waals surface area contributed by atoms with Crippen molar-refractivity contribution in [3.05, 3.63) is 77.7 Å². The Hall–Kier alpha value is -3.25. The van der Waals surface area contributed by atoms with Gasteiger partial charge in [-0.05, 0) is 55.5 Å². The summed E-state index contributed by atoms with van der Waals surface area (Å²) < 4.78 is 10.7. The Morgan fingerprint density at radius 2 is 1.78 bits per heavy atom. The van der Waals surface area contributed by atoms with E-state index in [4.69, 9.17) is 20.8 Å². The van der Waals surface area contributed by atoms with E-state index in [0.29, 0.717) is 22.2 Å². The van der Waals surface area contributed by atoms with E-state index in [1.165, 1.54) is 12.3 Å². The minimum Gasteiger partial charge on any atom is -0.459 e. The zero-order chi connectivity index (χ0) is 19.2. The fraction of sp³-hybridized carbons (Fsp3) is 0.100. The fourth-order valence-electron chi connectivity index (χ4n) is 2.25. The van der Waals surface area contributed by atoms with Crippen LogP contribution in [0.25, 0.3) is 0 Å². The second-order valence-electron chi connectivity index (χ2n) is 5.72. The molecule has 3 rings (SSSR count). The number of carbonyl (C=O) groups is 2. The number of rotatable bonds is 6. The molecule has 138 valence electrons. The van der Waals surface area contributed by atoms with Crippen molar-refractivity contribution in [2.45, 2.75) is 13.0 Å². The Labute approximate surface area is 161 Å². The van der Waals surface area contributed by atoms with Crippen LogP contribution in [0.1, 0.15) is 17.5 Å². The van der Waals surface area contributed by atoms with Crippen molar-refractivity contribution in [1.82, 2.24) is 5.32 Å². The summed E-state index contributed by atoms with van der Waals surface area (Å²) in [4.78, 5) is 24.1. The Morgan fingerprint density at radius 3 is 2.44 bits per heavy atom. The van der Waals surface area contributed by atoms with Crippen molar-refractivity contribution in [2.75, 3.05) is 5.32 Å². The summed E-state index contributed by atoms with van der Waals surface area (Å²) in [6.07, 6.45) is 1.39. The predicted molar refractivity (Wildman–Crippen MR) is 102 cm³/mol. The highest BCUT2D eigenvalue weighted by Crippen LogP contribution is 2.29. The first kappa shape index (κ1) is 18.5. The van der Waals surface area contributed by atoms with E-state index in [0.717, 1.165) is 0 Å². The van der Waals surface area contributed by atoms with Gasteiger partial charge in [0.05, 0.1) is 11.3 Å². The molecule has 0 saturated carbocycles. The van der Waals surface area contributed by atoms with E-state index in [1.807, 2.05) is 12.1 Å². The molecule has 0 spiro atoms. The molecule has 1 unspecified atom stereocenters. The summed E-state index contributed by atoms with van der Waals surface area (Å²) >= 11 is 6.06. The average Bonchev–Trinajstić information content (AvgIpc) is 3.20. The average molecular weight is 385 g/mol. The van der Waals surface area contributed by atoms with Crippen molar-refractivity contribution in [3.8, 4) is 11.5 Å². The Morgan fingerprint density at radius 1 is 1.04 bits per heavy atom. The first-order chi connectivity index (χ1) is 13.0. The minimum absolute atomic E-state index is 0.149. The van der Waals surface area contributed by atoms with Crippen LogP contribution in [0, 0.1) is 0 Å². The molecule has 0 saturated heterocycles. The third-order valence-electron chi connectivity index (χ3n) is 3.67. The van der Waals surface area contributed by atoms with Gasteiger partial charge in [0.15, 0.2) is 5.76 Å². The molecule has 2 aromatic carbocycles. The van der Waals surface area contributed by atoms with Gasteiger partial charge in [0.2, 0.25) is 5.91 Å². The van der Waals surface area contributed by atoms with Gasteiger partial charge in [-0.1, -0.05) is 23.7 Å². The van der Waals surface area contributed by atoms with Gasteiger partial charge in [-0.25, -0.2) is 0 Å². The number of hydrogen-bond acceptors (Lipinski definition) is 4. The van der Waals surface area contributed by atoms with Crippen LogP contribution in [0.2, 0.25) is 5.02 Å². The van der Waals surface area contributed by atoms with Gasteiger partial charge >= 0.3 is 0 Å². The summed E-state index contributed by atoms with van der Waals surface area (Å²) in [7, 11) is 0. The number of halogens is 1. The van der Waals surface area contributed by atoms with Gasteiger partial charge in [0, 0.05) is 5.69 Å². The van der Waals surface area contributed by atoms with Gasteiger partial charge in [-0.3, -0.25) is 9.59 Å². The van der Waals surface area contributed by atoms with Crippen LogP contribution >= 0.6 is 11.6 Å². The van der Waals surface area contributed by atoms with Gasteiger partial charge in [-0.15, -0.1) is 0 Å². The monoisotopic (exact) mass is 384 g/mol. The molecular formula is C20H17ClN2O4. The highest BCUT2D eigenvalue weighted by atomic mass is 35.5. The number of para-hydroxylation sites is 1. The van der Waals surface area contributed by atoms with Gasteiger partial charge in [0.25, 0.3) is 5.91 Å². The number of carbonyl (C=O) groups excluding carboxylic acids is 2. The summed E-state index contributed by atoms with van der Waals surface area (Å²) in [6, 6.07) is 16.4. The van der Waals surface area contributed by atoms with Crippen LogP contribution in [0.3, 0.4) is 0 Å². The molecule has 0 fully saturated rings. The summed E-state index contributed by atoms with van der Waals surface area (Å²) in [5, 5.41) is 5.81. The van der Waals surface area contributed by atoms with E-state index in [-0.39, 0.29) is 11.7 Å². The molecule has 2 amide bonds.